The molecule has 202 valence electrons. The number of urea groups is 1. The second-order valence-electron chi connectivity index (χ2n) is 8.99. The Labute approximate surface area is 220 Å². The molecule has 2 unspecified atom stereocenters. The first-order valence-corrected chi connectivity index (χ1v) is 12.4. The molecular weight excluding hydrogens is 494 g/mol. The molecule has 2 heterocycles. The summed E-state index contributed by atoms with van der Waals surface area (Å²) in [6.07, 6.45) is 0. The molecule has 4 rings (SSSR count). The molecule has 10 heteroatoms. The first-order chi connectivity index (χ1) is 18.5. The molecule has 1 aliphatic rings. The molecule has 38 heavy (non-hydrogen) atoms. The number of anilines is 1. The van der Waals surface area contributed by atoms with E-state index >= 15 is 0 Å². The van der Waals surface area contributed by atoms with Gasteiger partial charge in [-0.2, -0.15) is 0 Å². The molecule has 2 N–H and O–H groups in total. The third-order valence-corrected chi connectivity index (χ3v) is 6.40. The highest BCUT2D eigenvalue weighted by molar-refractivity contribution is 5.93. The Morgan fingerprint density at radius 1 is 0.974 bits per heavy atom. The smallest absolute Gasteiger partial charge is 0.319 e. The number of carbonyl (C=O) groups excluding carboxylic acids is 1. The first kappa shape index (κ1) is 27.4. The SMILES string of the molecule is COCCOc1ccc(NC(=O)NC2CN(CCOC)CC2c2ccc(F)c(F)c2)c(-c2ccccc2)n1. The van der Waals surface area contributed by atoms with Gasteiger partial charge in [0.05, 0.1) is 30.6 Å². The Bertz CT molecular complexity index is 1210. The number of aromatic nitrogens is 1. The van der Waals surface area contributed by atoms with E-state index in [2.05, 4.69) is 20.5 Å². The first-order valence-electron chi connectivity index (χ1n) is 12.4. The third kappa shape index (κ3) is 7.03. The van der Waals surface area contributed by atoms with Gasteiger partial charge in [0.2, 0.25) is 5.88 Å². The monoisotopic (exact) mass is 526 g/mol. The zero-order chi connectivity index (χ0) is 26.9. The summed E-state index contributed by atoms with van der Waals surface area (Å²) >= 11 is 0. The van der Waals surface area contributed by atoms with Crippen molar-refractivity contribution in [1.29, 1.82) is 0 Å². The van der Waals surface area contributed by atoms with Crippen LogP contribution in [-0.4, -0.2) is 75.6 Å². The number of nitrogens with zero attached hydrogens (tertiary/aromatic N) is 2. The molecule has 0 spiro atoms. The van der Waals surface area contributed by atoms with E-state index in [0.717, 1.165) is 11.6 Å². The molecule has 2 atom stereocenters. The van der Waals surface area contributed by atoms with Crippen LogP contribution in [0.2, 0.25) is 0 Å². The lowest BCUT2D eigenvalue weighted by molar-refractivity contribution is 0.144. The number of carbonyl (C=O) groups is 1. The van der Waals surface area contributed by atoms with Crippen molar-refractivity contribution in [3.05, 3.63) is 77.9 Å². The van der Waals surface area contributed by atoms with Gasteiger partial charge in [0.25, 0.3) is 0 Å². The summed E-state index contributed by atoms with van der Waals surface area (Å²) < 4.78 is 43.5. The predicted molar refractivity (Wildman–Crippen MR) is 140 cm³/mol. The number of amides is 2. The second-order valence-corrected chi connectivity index (χ2v) is 8.99. The number of hydrogen-bond acceptors (Lipinski definition) is 6. The highest BCUT2D eigenvalue weighted by Crippen LogP contribution is 2.31. The fraction of sp³-hybridized carbons (Fsp3) is 0.357. The lowest BCUT2D eigenvalue weighted by atomic mass is 9.94. The van der Waals surface area contributed by atoms with Crippen LogP contribution < -0.4 is 15.4 Å². The number of rotatable bonds is 11. The van der Waals surface area contributed by atoms with Crippen LogP contribution in [0, 0.1) is 11.6 Å². The number of ether oxygens (including phenoxy) is 3. The van der Waals surface area contributed by atoms with Crippen molar-refractivity contribution in [1.82, 2.24) is 15.2 Å². The quantitative estimate of drug-likeness (QED) is 0.363. The van der Waals surface area contributed by atoms with Gasteiger partial charge in [-0.15, -0.1) is 0 Å². The lowest BCUT2D eigenvalue weighted by Crippen LogP contribution is -2.42. The van der Waals surface area contributed by atoms with Gasteiger partial charge in [-0.1, -0.05) is 36.4 Å². The van der Waals surface area contributed by atoms with Crippen molar-refractivity contribution in [3.8, 4) is 17.1 Å². The fourth-order valence-corrected chi connectivity index (χ4v) is 4.51. The number of pyridine rings is 1. The Morgan fingerprint density at radius 3 is 2.50 bits per heavy atom. The zero-order valence-electron chi connectivity index (χ0n) is 21.5. The minimum absolute atomic E-state index is 0.226. The fourth-order valence-electron chi connectivity index (χ4n) is 4.51. The van der Waals surface area contributed by atoms with Crippen LogP contribution >= 0.6 is 0 Å². The molecule has 0 saturated carbocycles. The highest BCUT2D eigenvalue weighted by Gasteiger charge is 2.35. The summed E-state index contributed by atoms with van der Waals surface area (Å²) in [7, 11) is 3.22. The molecule has 0 bridgehead atoms. The van der Waals surface area contributed by atoms with Crippen molar-refractivity contribution in [2.24, 2.45) is 0 Å². The third-order valence-electron chi connectivity index (χ3n) is 6.40. The number of hydrogen-bond donors (Lipinski definition) is 2. The lowest BCUT2D eigenvalue weighted by Gasteiger charge is -2.21. The van der Waals surface area contributed by atoms with E-state index in [4.69, 9.17) is 14.2 Å². The minimum atomic E-state index is -0.910. The van der Waals surface area contributed by atoms with Gasteiger partial charge in [-0.25, -0.2) is 18.6 Å². The molecule has 0 radical (unpaired) electrons. The largest absolute Gasteiger partial charge is 0.475 e. The van der Waals surface area contributed by atoms with Crippen molar-refractivity contribution < 1.29 is 27.8 Å². The standard InChI is InChI=1S/C28H32F2N4O4/c1-36-13-12-34-17-21(20-8-9-22(29)23(30)16-20)25(18-34)32-28(35)31-24-10-11-26(38-15-14-37-2)33-27(24)19-6-4-3-5-7-19/h3-11,16,21,25H,12-15,17-18H2,1-2H3,(H2,31,32,35). The van der Waals surface area contributed by atoms with Crippen LogP contribution in [0.5, 0.6) is 5.88 Å². The number of methoxy groups -OCH3 is 2. The molecular formula is C28H32F2N4O4. The van der Waals surface area contributed by atoms with Gasteiger partial charge < -0.3 is 24.8 Å². The summed E-state index contributed by atoms with van der Waals surface area (Å²) in [4.78, 5) is 19.9. The van der Waals surface area contributed by atoms with E-state index in [1.165, 1.54) is 6.07 Å². The second kappa shape index (κ2) is 13.3. The number of halogens is 2. The Balaban J connectivity index is 1.52. The summed E-state index contributed by atoms with van der Waals surface area (Å²) in [5, 5.41) is 5.94. The maximum atomic E-state index is 14.0. The summed E-state index contributed by atoms with van der Waals surface area (Å²) in [6, 6.07) is 16.0. The van der Waals surface area contributed by atoms with Crippen LogP contribution in [-0.2, 0) is 9.47 Å². The normalized spacial score (nSPS) is 17.4. The average molecular weight is 527 g/mol. The van der Waals surface area contributed by atoms with Crippen molar-refractivity contribution in [3.63, 3.8) is 0 Å². The van der Waals surface area contributed by atoms with Crippen molar-refractivity contribution >= 4 is 11.7 Å². The van der Waals surface area contributed by atoms with E-state index in [1.807, 2.05) is 30.3 Å². The van der Waals surface area contributed by atoms with Gasteiger partial charge in [0.1, 0.15) is 6.61 Å². The van der Waals surface area contributed by atoms with Crippen LogP contribution in [0.25, 0.3) is 11.3 Å². The highest BCUT2D eigenvalue weighted by atomic mass is 19.2. The van der Waals surface area contributed by atoms with Crippen LogP contribution in [0.15, 0.2) is 60.7 Å². The van der Waals surface area contributed by atoms with E-state index < -0.39 is 17.7 Å². The Kier molecular flexibility index (Phi) is 9.58. The molecule has 2 aromatic carbocycles. The Hall–Kier alpha value is -3.60. The van der Waals surface area contributed by atoms with E-state index in [0.29, 0.717) is 62.3 Å². The molecule has 3 aromatic rings. The van der Waals surface area contributed by atoms with E-state index in [-0.39, 0.29) is 12.0 Å². The number of nitrogens with one attached hydrogen (secondary N) is 2. The van der Waals surface area contributed by atoms with E-state index in [1.54, 1.807) is 32.4 Å². The predicted octanol–water partition coefficient (Wildman–Crippen LogP) is 4.29. The van der Waals surface area contributed by atoms with Crippen LogP contribution in [0.3, 0.4) is 0 Å². The minimum Gasteiger partial charge on any atom is -0.475 e. The maximum absolute atomic E-state index is 14.0. The molecule has 1 saturated heterocycles. The summed E-state index contributed by atoms with van der Waals surface area (Å²) in [5.41, 5.74) is 2.50. The van der Waals surface area contributed by atoms with Gasteiger partial charge >= 0.3 is 6.03 Å². The topological polar surface area (TPSA) is 85.0 Å². The number of likely N-dealkylation sites (tertiary alicyclic amines) is 1. The van der Waals surface area contributed by atoms with Crippen molar-refractivity contribution in [2.45, 2.75) is 12.0 Å². The molecule has 1 aromatic heterocycles. The molecule has 2 amide bonds. The summed E-state index contributed by atoms with van der Waals surface area (Å²) in [6.45, 7) is 3.06. The van der Waals surface area contributed by atoms with Crippen LogP contribution in [0.1, 0.15) is 11.5 Å². The van der Waals surface area contributed by atoms with Gasteiger partial charge in [0, 0.05) is 51.4 Å². The van der Waals surface area contributed by atoms with Gasteiger partial charge in [0.15, 0.2) is 11.6 Å². The summed E-state index contributed by atoms with van der Waals surface area (Å²) in [5.74, 6) is -1.63. The van der Waals surface area contributed by atoms with Gasteiger partial charge in [-0.05, 0) is 23.8 Å². The van der Waals surface area contributed by atoms with E-state index in [9.17, 15) is 13.6 Å². The van der Waals surface area contributed by atoms with Crippen LogP contribution in [0.4, 0.5) is 19.3 Å². The molecule has 1 aliphatic heterocycles. The van der Waals surface area contributed by atoms with Crippen molar-refractivity contribution in [2.75, 3.05) is 59.0 Å². The molecule has 0 aliphatic carbocycles. The molecule has 8 nitrogen and oxygen atoms in total. The average Bonchev–Trinajstić information content (AvgIpc) is 3.32. The maximum Gasteiger partial charge on any atom is 0.319 e. The van der Waals surface area contributed by atoms with Gasteiger partial charge in [-0.3, -0.25) is 4.90 Å². The molecule has 1 fully saturated rings. The zero-order valence-corrected chi connectivity index (χ0v) is 21.5. The number of benzene rings is 2. The Morgan fingerprint density at radius 2 is 1.76 bits per heavy atom.